The summed E-state index contributed by atoms with van der Waals surface area (Å²) in [7, 11) is 1.67. The number of fused-ring (bicyclic) bond motifs is 1. The first-order valence-electron chi connectivity index (χ1n) is 7.33. The van der Waals surface area contributed by atoms with Crippen molar-refractivity contribution in [3.8, 4) is 6.07 Å². The van der Waals surface area contributed by atoms with E-state index in [2.05, 4.69) is 0 Å². The molecule has 1 amide bonds. The molecule has 1 aliphatic carbocycles. The molecule has 3 aliphatic rings. The first kappa shape index (κ1) is 15.1. The van der Waals surface area contributed by atoms with Crippen LogP contribution in [0.4, 0.5) is 0 Å². The molecule has 0 saturated carbocycles. The van der Waals surface area contributed by atoms with Crippen LogP contribution in [0.25, 0.3) is 0 Å². The van der Waals surface area contributed by atoms with Gasteiger partial charge >= 0.3 is 0 Å². The number of ketones is 1. The number of rotatable bonds is 1. The Morgan fingerprint density at radius 3 is 2.70 bits per heavy atom. The van der Waals surface area contributed by atoms with Crippen molar-refractivity contribution in [1.29, 1.82) is 5.26 Å². The van der Waals surface area contributed by atoms with E-state index in [1.807, 2.05) is 18.2 Å². The third-order valence-corrected chi connectivity index (χ3v) is 4.71. The Bertz CT molecular complexity index is 807. The van der Waals surface area contributed by atoms with Crippen molar-refractivity contribution in [3.05, 3.63) is 46.2 Å². The molecule has 2 N–H and O–H groups in total. The van der Waals surface area contributed by atoms with E-state index < -0.39 is 5.41 Å². The molecule has 6 heteroatoms. The number of Topliss-reactive ketones (excluding diaryl/α,β-unsaturated/α-hetero) is 1. The number of amides is 1. The van der Waals surface area contributed by atoms with E-state index in [0.29, 0.717) is 12.8 Å². The van der Waals surface area contributed by atoms with Gasteiger partial charge in [-0.2, -0.15) is 5.26 Å². The summed E-state index contributed by atoms with van der Waals surface area (Å²) in [6.07, 6.45) is 5.00. The van der Waals surface area contributed by atoms with Gasteiger partial charge in [-0.15, -0.1) is 0 Å². The van der Waals surface area contributed by atoms with Crippen molar-refractivity contribution in [2.75, 3.05) is 7.05 Å². The minimum atomic E-state index is -1.44. The Morgan fingerprint density at radius 2 is 2.09 bits per heavy atom. The highest BCUT2D eigenvalue weighted by Crippen LogP contribution is 2.56. The monoisotopic (exact) mass is 311 g/mol. The Labute approximate surface area is 134 Å². The second kappa shape index (κ2) is 4.85. The fraction of sp³-hybridized carbons (Fsp3) is 0.353. The highest BCUT2D eigenvalue weighted by Gasteiger charge is 2.60. The maximum absolute atomic E-state index is 13.2. The second-order valence-electron chi connectivity index (χ2n) is 5.86. The van der Waals surface area contributed by atoms with Gasteiger partial charge in [0, 0.05) is 19.2 Å². The molecule has 0 aromatic carbocycles. The first-order valence-corrected chi connectivity index (χ1v) is 7.33. The highest BCUT2D eigenvalue weighted by atomic mass is 16.5. The molecular formula is C17H17N3O3. The summed E-state index contributed by atoms with van der Waals surface area (Å²) in [5.74, 6) is -0.453. The summed E-state index contributed by atoms with van der Waals surface area (Å²) in [5.41, 5.74) is 6.25. The van der Waals surface area contributed by atoms with E-state index in [0.717, 1.165) is 11.3 Å². The zero-order valence-corrected chi connectivity index (χ0v) is 13.3. The van der Waals surface area contributed by atoms with Crippen LogP contribution in [0.3, 0.4) is 0 Å². The van der Waals surface area contributed by atoms with E-state index in [1.165, 1.54) is 11.8 Å². The standard InChI is InChI=1S/C17H17N3O3/c1-9(21)14-10(2)23-15(19)12(8-18)17(14)11-6-4-5-7-13(11)20(3)16(17)22/h4-5H,6-7,19H2,1-3H3/t17-/m1/s1. The van der Waals surface area contributed by atoms with Crippen LogP contribution >= 0.6 is 0 Å². The Kier molecular flexibility index (Phi) is 3.18. The van der Waals surface area contributed by atoms with Gasteiger partial charge in [0.15, 0.2) is 5.78 Å². The summed E-state index contributed by atoms with van der Waals surface area (Å²) in [4.78, 5) is 27.1. The van der Waals surface area contributed by atoms with Gasteiger partial charge in [-0.05, 0) is 25.8 Å². The number of carbonyl (C=O) groups excluding carboxylic acids is 2. The highest BCUT2D eigenvalue weighted by molar-refractivity contribution is 6.10. The zero-order valence-electron chi connectivity index (χ0n) is 13.3. The lowest BCUT2D eigenvalue weighted by atomic mass is 9.65. The first-order chi connectivity index (χ1) is 10.9. The van der Waals surface area contributed by atoms with Crippen LogP contribution in [0.2, 0.25) is 0 Å². The van der Waals surface area contributed by atoms with Crippen molar-refractivity contribution in [2.24, 2.45) is 11.1 Å². The van der Waals surface area contributed by atoms with Crippen LogP contribution in [0, 0.1) is 16.7 Å². The third kappa shape index (κ3) is 1.67. The predicted molar refractivity (Wildman–Crippen MR) is 81.9 cm³/mol. The molecular weight excluding hydrogens is 294 g/mol. The third-order valence-electron chi connectivity index (χ3n) is 4.71. The van der Waals surface area contributed by atoms with E-state index in [1.54, 1.807) is 14.0 Å². The number of hydrogen-bond acceptors (Lipinski definition) is 5. The van der Waals surface area contributed by atoms with Crippen LogP contribution in [0.1, 0.15) is 26.7 Å². The number of ether oxygens (including phenoxy) is 1. The number of nitrogens with zero attached hydrogens (tertiary/aromatic N) is 2. The molecule has 0 saturated heterocycles. The number of hydrogen-bond donors (Lipinski definition) is 1. The molecule has 0 radical (unpaired) electrons. The van der Waals surface area contributed by atoms with E-state index in [4.69, 9.17) is 10.5 Å². The normalized spacial score (nSPS) is 26.7. The lowest BCUT2D eigenvalue weighted by Crippen LogP contribution is -2.44. The number of nitriles is 1. The molecule has 0 aromatic heterocycles. The molecule has 0 unspecified atom stereocenters. The molecule has 6 nitrogen and oxygen atoms in total. The molecule has 3 rings (SSSR count). The average Bonchev–Trinajstić information content (AvgIpc) is 2.71. The summed E-state index contributed by atoms with van der Waals surface area (Å²) in [6.45, 7) is 2.98. The molecule has 2 heterocycles. The number of allylic oxidation sites excluding steroid dienone is 3. The van der Waals surface area contributed by atoms with Gasteiger partial charge in [-0.1, -0.05) is 12.2 Å². The largest absolute Gasteiger partial charge is 0.445 e. The Balaban J connectivity index is 2.42. The van der Waals surface area contributed by atoms with Gasteiger partial charge in [-0.3, -0.25) is 9.59 Å². The Morgan fingerprint density at radius 1 is 1.43 bits per heavy atom. The van der Waals surface area contributed by atoms with Gasteiger partial charge < -0.3 is 15.4 Å². The van der Waals surface area contributed by atoms with Gasteiger partial charge in [-0.25, -0.2) is 0 Å². The maximum Gasteiger partial charge on any atom is 0.247 e. The van der Waals surface area contributed by atoms with Gasteiger partial charge in [0.2, 0.25) is 11.8 Å². The molecule has 23 heavy (non-hydrogen) atoms. The minimum absolute atomic E-state index is 0.00505. The predicted octanol–water partition coefficient (Wildman–Crippen LogP) is 1.64. The Hall–Kier alpha value is -2.81. The molecule has 2 aliphatic heterocycles. The van der Waals surface area contributed by atoms with E-state index in [-0.39, 0.29) is 34.5 Å². The fourth-order valence-electron chi connectivity index (χ4n) is 3.86. The smallest absolute Gasteiger partial charge is 0.247 e. The van der Waals surface area contributed by atoms with Crippen molar-refractivity contribution >= 4 is 11.7 Å². The minimum Gasteiger partial charge on any atom is -0.445 e. The van der Waals surface area contributed by atoms with Crippen molar-refractivity contribution in [2.45, 2.75) is 26.7 Å². The van der Waals surface area contributed by atoms with Crippen LogP contribution in [-0.4, -0.2) is 23.6 Å². The summed E-state index contributed by atoms with van der Waals surface area (Å²) < 4.78 is 5.40. The van der Waals surface area contributed by atoms with E-state index >= 15 is 0 Å². The second-order valence-corrected chi connectivity index (χ2v) is 5.86. The zero-order chi connectivity index (χ0) is 16.9. The topological polar surface area (TPSA) is 96.4 Å². The molecule has 0 fully saturated rings. The number of nitrogens with two attached hydrogens (primary N) is 1. The lowest BCUT2D eigenvalue weighted by Gasteiger charge is -2.36. The summed E-state index contributed by atoms with van der Waals surface area (Å²) >= 11 is 0. The SMILES string of the molecule is CC(=O)C1=C(C)OC(N)=C(C#N)[C@@]12C(=O)N(C)C1=C2CC=CC1. The van der Waals surface area contributed by atoms with Crippen molar-refractivity contribution in [3.63, 3.8) is 0 Å². The molecule has 0 bridgehead atoms. The van der Waals surface area contributed by atoms with E-state index in [9.17, 15) is 14.9 Å². The van der Waals surface area contributed by atoms with Crippen LogP contribution < -0.4 is 5.73 Å². The number of carbonyl (C=O) groups is 2. The molecule has 0 aromatic rings. The maximum atomic E-state index is 13.2. The van der Waals surface area contributed by atoms with Gasteiger partial charge in [0.25, 0.3) is 0 Å². The van der Waals surface area contributed by atoms with Gasteiger partial charge in [0.1, 0.15) is 22.8 Å². The van der Waals surface area contributed by atoms with Gasteiger partial charge in [0.05, 0.1) is 5.57 Å². The summed E-state index contributed by atoms with van der Waals surface area (Å²) in [5, 5.41) is 9.65. The van der Waals surface area contributed by atoms with Crippen LogP contribution in [0.5, 0.6) is 0 Å². The van der Waals surface area contributed by atoms with Crippen molar-refractivity contribution < 1.29 is 14.3 Å². The molecule has 1 atom stereocenters. The quantitative estimate of drug-likeness (QED) is 0.742. The molecule has 118 valence electrons. The average molecular weight is 311 g/mol. The van der Waals surface area contributed by atoms with Crippen molar-refractivity contribution in [1.82, 2.24) is 4.90 Å². The molecule has 1 spiro atoms. The fourth-order valence-corrected chi connectivity index (χ4v) is 3.86. The lowest BCUT2D eigenvalue weighted by molar-refractivity contribution is -0.133. The van der Waals surface area contributed by atoms with Crippen LogP contribution in [-0.2, 0) is 14.3 Å². The summed E-state index contributed by atoms with van der Waals surface area (Å²) in [6, 6.07) is 2.01. The van der Waals surface area contributed by atoms with Crippen LogP contribution in [0.15, 0.2) is 46.2 Å².